The smallest absolute Gasteiger partial charge is 0.228 e. The molecule has 0 atom stereocenters. The van der Waals surface area contributed by atoms with Crippen molar-refractivity contribution in [2.75, 3.05) is 24.7 Å². The number of hydrogen-bond acceptors (Lipinski definition) is 4. The molecule has 1 aliphatic rings. The maximum absolute atomic E-state index is 12.2. The Hall–Kier alpha value is -1.47. The van der Waals surface area contributed by atoms with Gasteiger partial charge < -0.3 is 5.32 Å². The summed E-state index contributed by atoms with van der Waals surface area (Å²) < 4.78 is 24.2. The van der Waals surface area contributed by atoms with Gasteiger partial charge in [0.2, 0.25) is 15.9 Å². The lowest BCUT2D eigenvalue weighted by Gasteiger charge is -2.29. The highest BCUT2D eigenvalue weighted by Crippen LogP contribution is 2.21. The molecule has 1 aromatic heterocycles. The second kappa shape index (κ2) is 5.88. The highest BCUT2D eigenvalue weighted by atomic mass is 32.2. The Bertz CT molecular complexity index is 593. The maximum Gasteiger partial charge on any atom is 0.228 e. The first-order chi connectivity index (χ1) is 9.38. The summed E-state index contributed by atoms with van der Waals surface area (Å²) in [6, 6.07) is 3.70. The third kappa shape index (κ3) is 3.55. The zero-order valence-electron chi connectivity index (χ0n) is 11.7. The number of pyridine rings is 1. The molecule has 0 bridgehead atoms. The molecule has 1 fully saturated rings. The number of sulfonamides is 1. The van der Waals surface area contributed by atoms with E-state index in [2.05, 4.69) is 10.3 Å². The van der Waals surface area contributed by atoms with Gasteiger partial charge in [-0.1, -0.05) is 6.07 Å². The highest BCUT2D eigenvalue weighted by molar-refractivity contribution is 7.88. The molecule has 0 aliphatic carbocycles. The normalized spacial score (nSPS) is 17.9. The van der Waals surface area contributed by atoms with Crippen molar-refractivity contribution in [2.45, 2.75) is 19.8 Å². The summed E-state index contributed by atoms with van der Waals surface area (Å²) >= 11 is 0. The zero-order valence-corrected chi connectivity index (χ0v) is 12.5. The van der Waals surface area contributed by atoms with Crippen molar-refractivity contribution >= 4 is 21.7 Å². The first-order valence-corrected chi connectivity index (χ1v) is 8.40. The number of carbonyl (C=O) groups excluding carboxylic acids is 1. The van der Waals surface area contributed by atoms with E-state index < -0.39 is 10.0 Å². The van der Waals surface area contributed by atoms with E-state index in [0.29, 0.717) is 31.7 Å². The van der Waals surface area contributed by atoms with Crippen LogP contribution in [0, 0.1) is 12.8 Å². The Kier molecular flexibility index (Phi) is 4.39. The van der Waals surface area contributed by atoms with E-state index in [4.69, 9.17) is 0 Å². The van der Waals surface area contributed by atoms with Crippen LogP contribution in [0.1, 0.15) is 18.4 Å². The molecule has 7 heteroatoms. The van der Waals surface area contributed by atoms with E-state index >= 15 is 0 Å². The molecule has 1 amide bonds. The molecule has 2 rings (SSSR count). The van der Waals surface area contributed by atoms with E-state index in [0.717, 1.165) is 5.56 Å². The number of anilines is 1. The molecular formula is C13H19N3O3S. The van der Waals surface area contributed by atoms with Gasteiger partial charge in [0.15, 0.2) is 0 Å². The molecule has 110 valence electrons. The standard InChI is InChI=1S/C13H19N3O3S/c1-10-4-3-7-14-12(10)15-13(17)11-5-8-16(9-6-11)20(2,18)19/h3-4,7,11H,5-6,8-9H2,1-2H3,(H,14,15,17). The van der Waals surface area contributed by atoms with E-state index in [1.165, 1.54) is 10.6 Å². The minimum absolute atomic E-state index is 0.0834. The molecule has 1 N–H and O–H groups in total. The van der Waals surface area contributed by atoms with Gasteiger partial charge >= 0.3 is 0 Å². The molecule has 2 heterocycles. The average Bonchev–Trinajstić information content (AvgIpc) is 2.40. The summed E-state index contributed by atoms with van der Waals surface area (Å²) in [4.78, 5) is 16.3. The minimum atomic E-state index is -3.15. The molecule has 0 radical (unpaired) electrons. The number of aryl methyl sites for hydroxylation is 1. The Balaban J connectivity index is 1.94. The number of hydrogen-bond donors (Lipinski definition) is 1. The van der Waals surface area contributed by atoms with Gasteiger partial charge in [-0.25, -0.2) is 17.7 Å². The molecule has 0 unspecified atom stereocenters. The second-order valence-corrected chi connectivity index (χ2v) is 7.08. The predicted octanol–water partition coefficient (Wildman–Crippen LogP) is 1.00. The average molecular weight is 297 g/mol. The van der Waals surface area contributed by atoms with Gasteiger partial charge in [-0.05, 0) is 31.4 Å². The quantitative estimate of drug-likeness (QED) is 0.902. The molecule has 0 aromatic carbocycles. The Morgan fingerprint density at radius 2 is 2.05 bits per heavy atom. The van der Waals surface area contributed by atoms with Crippen molar-refractivity contribution in [3.05, 3.63) is 23.9 Å². The summed E-state index contributed by atoms with van der Waals surface area (Å²) in [6.45, 7) is 2.69. The van der Waals surface area contributed by atoms with Crippen LogP contribution in [0.5, 0.6) is 0 Å². The largest absolute Gasteiger partial charge is 0.310 e. The van der Waals surface area contributed by atoms with Gasteiger partial charge in [0.1, 0.15) is 5.82 Å². The second-order valence-electron chi connectivity index (χ2n) is 5.09. The van der Waals surface area contributed by atoms with Crippen molar-refractivity contribution in [3.8, 4) is 0 Å². The molecule has 1 aromatic rings. The van der Waals surface area contributed by atoms with Crippen LogP contribution in [0.15, 0.2) is 18.3 Å². The maximum atomic E-state index is 12.2. The van der Waals surface area contributed by atoms with Crippen molar-refractivity contribution in [2.24, 2.45) is 5.92 Å². The van der Waals surface area contributed by atoms with Crippen LogP contribution in [0.2, 0.25) is 0 Å². The molecular weight excluding hydrogens is 278 g/mol. The lowest BCUT2D eigenvalue weighted by atomic mass is 9.97. The van der Waals surface area contributed by atoms with Gasteiger partial charge in [0.05, 0.1) is 6.26 Å². The van der Waals surface area contributed by atoms with Crippen LogP contribution in [0.3, 0.4) is 0 Å². The fourth-order valence-electron chi connectivity index (χ4n) is 2.28. The van der Waals surface area contributed by atoms with E-state index in [1.807, 2.05) is 19.1 Å². The lowest BCUT2D eigenvalue weighted by Crippen LogP contribution is -2.41. The Labute approximate surface area is 119 Å². The van der Waals surface area contributed by atoms with E-state index in [-0.39, 0.29) is 11.8 Å². The van der Waals surface area contributed by atoms with Crippen molar-refractivity contribution in [1.29, 1.82) is 0 Å². The first-order valence-electron chi connectivity index (χ1n) is 6.55. The highest BCUT2D eigenvalue weighted by Gasteiger charge is 2.29. The number of piperidine rings is 1. The van der Waals surface area contributed by atoms with Crippen LogP contribution in [0.4, 0.5) is 5.82 Å². The number of rotatable bonds is 3. The summed E-state index contributed by atoms with van der Waals surface area (Å²) in [5, 5.41) is 2.82. The summed E-state index contributed by atoms with van der Waals surface area (Å²) in [5.74, 6) is 0.331. The van der Waals surface area contributed by atoms with Gasteiger partial charge in [0, 0.05) is 25.2 Å². The van der Waals surface area contributed by atoms with Crippen molar-refractivity contribution in [3.63, 3.8) is 0 Å². The summed E-state index contributed by atoms with van der Waals surface area (Å²) in [6.07, 6.45) is 3.93. The van der Waals surface area contributed by atoms with Crippen molar-refractivity contribution < 1.29 is 13.2 Å². The molecule has 1 aliphatic heterocycles. The van der Waals surface area contributed by atoms with Crippen LogP contribution in [0.25, 0.3) is 0 Å². The molecule has 1 saturated heterocycles. The molecule has 6 nitrogen and oxygen atoms in total. The van der Waals surface area contributed by atoms with E-state index in [9.17, 15) is 13.2 Å². The molecule has 0 saturated carbocycles. The van der Waals surface area contributed by atoms with Crippen LogP contribution < -0.4 is 5.32 Å². The number of nitrogens with one attached hydrogen (secondary N) is 1. The van der Waals surface area contributed by atoms with Gasteiger partial charge in [0.25, 0.3) is 0 Å². The third-order valence-corrected chi connectivity index (χ3v) is 4.85. The van der Waals surface area contributed by atoms with Crippen LogP contribution in [-0.2, 0) is 14.8 Å². The van der Waals surface area contributed by atoms with Gasteiger partial charge in [-0.2, -0.15) is 0 Å². The third-order valence-electron chi connectivity index (χ3n) is 3.54. The first kappa shape index (κ1) is 14.9. The van der Waals surface area contributed by atoms with E-state index in [1.54, 1.807) is 6.20 Å². The minimum Gasteiger partial charge on any atom is -0.310 e. The van der Waals surface area contributed by atoms with Gasteiger partial charge in [-0.3, -0.25) is 4.79 Å². The zero-order chi connectivity index (χ0) is 14.8. The molecule has 20 heavy (non-hydrogen) atoms. The predicted molar refractivity (Wildman–Crippen MR) is 76.7 cm³/mol. The number of aromatic nitrogens is 1. The lowest BCUT2D eigenvalue weighted by molar-refractivity contribution is -0.120. The fourth-order valence-corrected chi connectivity index (χ4v) is 3.16. The number of carbonyl (C=O) groups is 1. The molecule has 0 spiro atoms. The summed E-state index contributed by atoms with van der Waals surface area (Å²) in [5.41, 5.74) is 0.912. The van der Waals surface area contributed by atoms with Gasteiger partial charge in [-0.15, -0.1) is 0 Å². The van der Waals surface area contributed by atoms with Crippen LogP contribution in [-0.4, -0.2) is 43.0 Å². The van der Waals surface area contributed by atoms with Crippen LogP contribution >= 0.6 is 0 Å². The SMILES string of the molecule is Cc1cccnc1NC(=O)C1CCN(S(C)(=O)=O)CC1. The fraction of sp³-hybridized carbons (Fsp3) is 0.538. The number of amides is 1. The Morgan fingerprint density at radius 1 is 1.40 bits per heavy atom. The summed E-state index contributed by atoms with van der Waals surface area (Å²) in [7, 11) is -3.15. The number of nitrogens with zero attached hydrogens (tertiary/aromatic N) is 2. The Morgan fingerprint density at radius 3 is 2.60 bits per heavy atom. The topological polar surface area (TPSA) is 79.4 Å². The van der Waals surface area contributed by atoms with Crippen molar-refractivity contribution in [1.82, 2.24) is 9.29 Å². The monoisotopic (exact) mass is 297 g/mol.